The molecule has 0 saturated carbocycles. The van der Waals surface area contributed by atoms with Crippen LogP contribution in [0.2, 0.25) is 0 Å². The van der Waals surface area contributed by atoms with E-state index in [9.17, 15) is 0 Å². The van der Waals surface area contributed by atoms with Crippen molar-refractivity contribution in [2.75, 3.05) is 32.7 Å². The lowest BCUT2D eigenvalue weighted by Crippen LogP contribution is -2.42. The van der Waals surface area contributed by atoms with Crippen LogP contribution in [0, 0.1) is 5.41 Å². The summed E-state index contributed by atoms with van der Waals surface area (Å²) < 4.78 is 2.07. The number of fused-ring (bicyclic) bond motifs is 1. The maximum absolute atomic E-state index is 7.81. The zero-order valence-electron chi connectivity index (χ0n) is 13.7. The molecule has 4 N–H and O–H groups in total. The first-order valence-electron chi connectivity index (χ1n) is 8.26. The van der Waals surface area contributed by atoms with E-state index < -0.39 is 0 Å². The van der Waals surface area contributed by atoms with Crippen LogP contribution in [-0.2, 0) is 19.4 Å². The molecule has 0 unspecified atom stereocenters. The average molecular weight is 315 g/mol. The van der Waals surface area contributed by atoms with Gasteiger partial charge < -0.3 is 16.5 Å². The molecule has 0 radical (unpaired) electrons. The number of aryl methyl sites for hydroxylation is 1. The molecular formula is C16H25N7. The topological polar surface area (TPSA) is 95.3 Å². The second kappa shape index (κ2) is 7.16. The highest BCUT2D eigenvalue weighted by Crippen LogP contribution is 2.16. The molecule has 124 valence electrons. The molecule has 0 aliphatic carbocycles. The Bertz CT molecular complexity index is 685. The number of hydrogen-bond acceptors (Lipinski definition) is 6. The number of pyridine rings is 1. The van der Waals surface area contributed by atoms with Crippen molar-refractivity contribution >= 4 is 11.4 Å². The molecule has 1 fully saturated rings. The summed E-state index contributed by atoms with van der Waals surface area (Å²) in [5.74, 6) is 0.807. The Labute approximate surface area is 136 Å². The van der Waals surface area contributed by atoms with Crippen molar-refractivity contribution < 1.29 is 0 Å². The van der Waals surface area contributed by atoms with E-state index in [-0.39, 0.29) is 6.54 Å². The Morgan fingerprint density at radius 3 is 2.78 bits per heavy atom. The van der Waals surface area contributed by atoms with E-state index in [0.29, 0.717) is 12.1 Å². The lowest BCUT2D eigenvalue weighted by atomic mass is 10.1. The van der Waals surface area contributed by atoms with E-state index in [1.165, 1.54) is 11.3 Å². The van der Waals surface area contributed by atoms with Crippen LogP contribution < -0.4 is 11.1 Å². The normalized spacial score (nSPS) is 16.1. The van der Waals surface area contributed by atoms with Gasteiger partial charge in [0.1, 0.15) is 5.82 Å². The van der Waals surface area contributed by atoms with Crippen LogP contribution in [0.1, 0.15) is 24.0 Å². The van der Waals surface area contributed by atoms with Crippen molar-refractivity contribution in [1.82, 2.24) is 24.8 Å². The molecule has 0 spiro atoms. The van der Waals surface area contributed by atoms with Gasteiger partial charge in [0, 0.05) is 57.1 Å². The molecule has 3 rings (SSSR count). The van der Waals surface area contributed by atoms with E-state index in [1.54, 1.807) is 0 Å². The van der Waals surface area contributed by atoms with E-state index in [0.717, 1.165) is 50.6 Å². The molecule has 1 aliphatic rings. The van der Waals surface area contributed by atoms with Crippen LogP contribution in [-0.4, -0.2) is 57.9 Å². The van der Waals surface area contributed by atoms with Crippen molar-refractivity contribution in [3.63, 3.8) is 0 Å². The first-order chi connectivity index (χ1) is 11.2. The van der Waals surface area contributed by atoms with Crippen LogP contribution in [0.25, 0.3) is 5.65 Å². The number of hydrogen-bond donors (Lipinski definition) is 3. The Hall–Kier alpha value is -1.83. The van der Waals surface area contributed by atoms with Gasteiger partial charge >= 0.3 is 0 Å². The maximum atomic E-state index is 7.81. The molecule has 23 heavy (non-hydrogen) atoms. The fourth-order valence-electron chi connectivity index (χ4n) is 3.08. The monoisotopic (exact) mass is 315 g/mol. The van der Waals surface area contributed by atoms with Crippen LogP contribution in [0.3, 0.4) is 0 Å². The minimum atomic E-state index is 0.261. The maximum Gasteiger partial charge on any atom is 0.161 e. The zero-order chi connectivity index (χ0) is 16.2. The number of nitrogens with two attached hydrogens (primary N) is 1. The van der Waals surface area contributed by atoms with Crippen molar-refractivity contribution in [3.05, 3.63) is 29.2 Å². The molecule has 0 bridgehead atoms. The third-order valence-electron chi connectivity index (χ3n) is 4.30. The lowest BCUT2D eigenvalue weighted by molar-refractivity contribution is 0.233. The van der Waals surface area contributed by atoms with Crippen LogP contribution in [0.15, 0.2) is 12.1 Å². The standard InChI is InChI=1S/C16H25N7/c1-2-14-7-12(11-22-5-3-19-4-6-22)8-15-20-21-16(23(14)15)9-13(18)10-17/h7-8,18-19H,2-6,9-11,17H2,1H3. The third-order valence-corrected chi connectivity index (χ3v) is 4.30. The summed E-state index contributed by atoms with van der Waals surface area (Å²) in [7, 11) is 0. The van der Waals surface area contributed by atoms with Crippen molar-refractivity contribution in [2.24, 2.45) is 5.73 Å². The quantitative estimate of drug-likeness (QED) is 0.663. The van der Waals surface area contributed by atoms with E-state index >= 15 is 0 Å². The van der Waals surface area contributed by atoms with Gasteiger partial charge in [0.25, 0.3) is 0 Å². The molecule has 0 amide bonds. The van der Waals surface area contributed by atoms with Gasteiger partial charge in [-0.15, -0.1) is 10.2 Å². The molecule has 1 aliphatic heterocycles. The highest BCUT2D eigenvalue weighted by atomic mass is 15.3. The average Bonchev–Trinajstić information content (AvgIpc) is 2.97. The number of nitrogens with one attached hydrogen (secondary N) is 2. The van der Waals surface area contributed by atoms with Gasteiger partial charge in [-0.3, -0.25) is 9.30 Å². The van der Waals surface area contributed by atoms with Gasteiger partial charge in [-0.25, -0.2) is 0 Å². The summed E-state index contributed by atoms with van der Waals surface area (Å²) in [6.45, 7) is 7.62. The molecule has 7 heteroatoms. The van der Waals surface area contributed by atoms with Gasteiger partial charge in [-0.2, -0.15) is 0 Å². The molecule has 0 atom stereocenters. The van der Waals surface area contributed by atoms with Crippen molar-refractivity contribution in [1.29, 1.82) is 5.41 Å². The van der Waals surface area contributed by atoms with Crippen LogP contribution in [0.4, 0.5) is 0 Å². The van der Waals surface area contributed by atoms with E-state index in [2.05, 4.69) is 43.9 Å². The zero-order valence-corrected chi connectivity index (χ0v) is 13.7. The minimum Gasteiger partial charge on any atom is -0.325 e. The molecule has 7 nitrogen and oxygen atoms in total. The van der Waals surface area contributed by atoms with Gasteiger partial charge in [0.05, 0.1) is 0 Å². The Kier molecular flexibility index (Phi) is 5.00. The molecule has 3 heterocycles. The summed E-state index contributed by atoms with van der Waals surface area (Å²) in [5, 5.41) is 19.8. The molecule has 0 aromatic carbocycles. The second-order valence-corrected chi connectivity index (χ2v) is 6.03. The third kappa shape index (κ3) is 3.57. The fraction of sp³-hybridized carbons (Fsp3) is 0.562. The van der Waals surface area contributed by atoms with Gasteiger partial charge in [0.2, 0.25) is 0 Å². The number of rotatable bonds is 6. The number of aromatic nitrogens is 3. The molecule has 1 saturated heterocycles. The predicted molar refractivity (Wildman–Crippen MR) is 91.0 cm³/mol. The largest absolute Gasteiger partial charge is 0.325 e. The van der Waals surface area contributed by atoms with E-state index in [1.807, 2.05) is 0 Å². The summed E-state index contributed by atoms with van der Waals surface area (Å²) in [6, 6.07) is 4.36. The smallest absolute Gasteiger partial charge is 0.161 e. The van der Waals surface area contributed by atoms with Crippen LogP contribution >= 0.6 is 0 Å². The Morgan fingerprint density at radius 1 is 1.30 bits per heavy atom. The molecule has 2 aromatic rings. The second-order valence-electron chi connectivity index (χ2n) is 6.03. The molecule has 2 aromatic heterocycles. The number of piperazine rings is 1. The van der Waals surface area contributed by atoms with Gasteiger partial charge in [0.15, 0.2) is 5.65 Å². The van der Waals surface area contributed by atoms with E-state index in [4.69, 9.17) is 11.1 Å². The first-order valence-corrected chi connectivity index (χ1v) is 8.26. The summed E-state index contributed by atoms with van der Waals surface area (Å²) >= 11 is 0. The first kappa shape index (κ1) is 16.0. The fourth-order valence-corrected chi connectivity index (χ4v) is 3.08. The van der Waals surface area contributed by atoms with Gasteiger partial charge in [-0.05, 0) is 24.1 Å². The minimum absolute atomic E-state index is 0.261. The predicted octanol–water partition coefficient (Wildman–Crippen LogP) is 0.218. The summed E-state index contributed by atoms with van der Waals surface area (Å²) in [5.41, 5.74) is 9.36. The molecular weight excluding hydrogens is 290 g/mol. The Balaban J connectivity index is 1.89. The summed E-state index contributed by atoms with van der Waals surface area (Å²) in [6.07, 6.45) is 1.37. The van der Waals surface area contributed by atoms with Crippen LogP contribution in [0.5, 0.6) is 0 Å². The highest BCUT2D eigenvalue weighted by Gasteiger charge is 2.14. The SMILES string of the molecule is CCc1cc(CN2CCNCC2)cc2nnc(CC(=N)CN)n12. The summed E-state index contributed by atoms with van der Waals surface area (Å²) in [4.78, 5) is 2.46. The van der Waals surface area contributed by atoms with Crippen molar-refractivity contribution in [2.45, 2.75) is 26.3 Å². The van der Waals surface area contributed by atoms with Crippen molar-refractivity contribution in [3.8, 4) is 0 Å². The Morgan fingerprint density at radius 2 is 2.09 bits per heavy atom. The lowest BCUT2D eigenvalue weighted by Gasteiger charge is -2.27. The van der Waals surface area contributed by atoms with Gasteiger partial charge in [-0.1, -0.05) is 6.92 Å². The highest BCUT2D eigenvalue weighted by molar-refractivity contribution is 5.84. The number of nitrogens with zero attached hydrogens (tertiary/aromatic N) is 4.